The van der Waals surface area contributed by atoms with E-state index in [0.29, 0.717) is 5.92 Å². The van der Waals surface area contributed by atoms with Crippen LogP contribution in [0.4, 0.5) is 0 Å². The molecule has 0 radical (unpaired) electrons. The number of aliphatic hydroxyl groups is 1. The highest BCUT2D eigenvalue weighted by Gasteiger charge is 2.15. The number of unbranched alkanes of at least 4 members (excludes halogenated alkanes) is 7. The van der Waals surface area contributed by atoms with Gasteiger partial charge >= 0.3 is 0 Å². The second-order valence-corrected chi connectivity index (χ2v) is 7.67. The van der Waals surface area contributed by atoms with Crippen molar-refractivity contribution < 1.29 is 10.3 Å². The summed E-state index contributed by atoms with van der Waals surface area (Å²) >= 11 is 0. The van der Waals surface area contributed by atoms with Crippen LogP contribution in [0.3, 0.4) is 0 Å². The van der Waals surface area contributed by atoms with Crippen LogP contribution in [-0.4, -0.2) is 22.1 Å². The Kier molecular flexibility index (Phi) is 12.9. The lowest BCUT2D eigenvalue weighted by Crippen LogP contribution is -2.13. The first-order valence-corrected chi connectivity index (χ1v) is 10.6. The summed E-state index contributed by atoms with van der Waals surface area (Å²) in [6, 6.07) is 9.92. The number of benzene rings is 1. The molecular formula is C23H39NO2. The summed E-state index contributed by atoms with van der Waals surface area (Å²) in [4.78, 5) is 0. The molecular weight excluding hydrogens is 322 g/mol. The normalized spacial score (nSPS) is 14.3. The van der Waals surface area contributed by atoms with Crippen molar-refractivity contribution in [1.29, 1.82) is 0 Å². The molecule has 26 heavy (non-hydrogen) atoms. The van der Waals surface area contributed by atoms with Gasteiger partial charge in [-0.3, -0.25) is 0 Å². The molecule has 0 saturated heterocycles. The number of rotatable bonds is 15. The highest BCUT2D eigenvalue weighted by Crippen LogP contribution is 2.23. The fourth-order valence-corrected chi connectivity index (χ4v) is 3.51. The first-order chi connectivity index (χ1) is 12.7. The average Bonchev–Trinajstić information content (AvgIpc) is 2.66. The Morgan fingerprint density at radius 2 is 1.50 bits per heavy atom. The maximum atomic E-state index is 9.64. The van der Waals surface area contributed by atoms with Crippen molar-refractivity contribution >= 4 is 5.71 Å². The third kappa shape index (κ3) is 10.6. The molecule has 0 aliphatic carbocycles. The fraction of sp³-hybridized carbons (Fsp3) is 0.696. The first-order valence-electron chi connectivity index (χ1n) is 10.6. The smallest absolute Gasteiger partial charge is 0.0870 e. The molecule has 0 spiro atoms. The van der Waals surface area contributed by atoms with Crippen molar-refractivity contribution in [3.05, 3.63) is 35.9 Å². The highest BCUT2D eigenvalue weighted by molar-refractivity contribution is 6.00. The van der Waals surface area contributed by atoms with E-state index in [9.17, 15) is 10.3 Å². The number of hydrogen-bond acceptors (Lipinski definition) is 3. The van der Waals surface area contributed by atoms with Gasteiger partial charge in [-0.2, -0.15) is 0 Å². The topological polar surface area (TPSA) is 52.8 Å². The molecule has 1 aromatic rings. The van der Waals surface area contributed by atoms with E-state index in [1.165, 1.54) is 51.4 Å². The fourth-order valence-electron chi connectivity index (χ4n) is 3.51. The molecule has 2 N–H and O–H groups in total. The van der Waals surface area contributed by atoms with Gasteiger partial charge in [-0.25, -0.2) is 0 Å². The van der Waals surface area contributed by atoms with Crippen LogP contribution in [0.2, 0.25) is 0 Å². The SMILES string of the molecule is CCCCCCCCCCC(CCC(C)O)CC(=NO)c1ccccc1. The zero-order valence-electron chi connectivity index (χ0n) is 16.9. The van der Waals surface area contributed by atoms with E-state index in [1.807, 2.05) is 37.3 Å². The Morgan fingerprint density at radius 3 is 2.08 bits per heavy atom. The Labute approximate surface area is 160 Å². The summed E-state index contributed by atoms with van der Waals surface area (Å²) in [6.07, 6.45) is 14.1. The molecule has 148 valence electrons. The van der Waals surface area contributed by atoms with Gasteiger partial charge in [0, 0.05) is 0 Å². The van der Waals surface area contributed by atoms with Crippen LogP contribution < -0.4 is 0 Å². The molecule has 1 aromatic carbocycles. The molecule has 0 aliphatic heterocycles. The van der Waals surface area contributed by atoms with Gasteiger partial charge in [0.05, 0.1) is 11.8 Å². The van der Waals surface area contributed by atoms with E-state index in [1.54, 1.807) is 0 Å². The predicted octanol–water partition coefficient (Wildman–Crippen LogP) is 6.56. The molecule has 0 amide bonds. The van der Waals surface area contributed by atoms with Gasteiger partial charge in [0.25, 0.3) is 0 Å². The molecule has 2 atom stereocenters. The van der Waals surface area contributed by atoms with Crippen molar-refractivity contribution in [1.82, 2.24) is 0 Å². The molecule has 0 aromatic heterocycles. The minimum atomic E-state index is -0.262. The Hall–Kier alpha value is -1.35. The van der Waals surface area contributed by atoms with Gasteiger partial charge < -0.3 is 10.3 Å². The van der Waals surface area contributed by atoms with Crippen LogP contribution in [0, 0.1) is 5.92 Å². The Morgan fingerprint density at radius 1 is 0.885 bits per heavy atom. The van der Waals surface area contributed by atoms with Gasteiger partial charge in [0.15, 0.2) is 0 Å². The number of aliphatic hydroxyl groups excluding tert-OH is 1. The summed E-state index contributed by atoms with van der Waals surface area (Å²) < 4.78 is 0. The van der Waals surface area contributed by atoms with Crippen molar-refractivity contribution in [2.75, 3.05) is 0 Å². The zero-order valence-corrected chi connectivity index (χ0v) is 16.9. The minimum Gasteiger partial charge on any atom is -0.411 e. The zero-order chi connectivity index (χ0) is 19.0. The lowest BCUT2D eigenvalue weighted by Gasteiger charge is -2.18. The largest absolute Gasteiger partial charge is 0.411 e. The molecule has 0 bridgehead atoms. The van der Waals surface area contributed by atoms with Crippen LogP contribution in [0.5, 0.6) is 0 Å². The molecule has 0 fully saturated rings. The van der Waals surface area contributed by atoms with E-state index in [4.69, 9.17) is 0 Å². The second-order valence-electron chi connectivity index (χ2n) is 7.67. The van der Waals surface area contributed by atoms with Crippen LogP contribution in [0.25, 0.3) is 0 Å². The van der Waals surface area contributed by atoms with Crippen LogP contribution >= 0.6 is 0 Å². The number of oxime groups is 1. The van der Waals surface area contributed by atoms with Gasteiger partial charge in [-0.15, -0.1) is 0 Å². The molecule has 2 unspecified atom stereocenters. The number of hydrogen-bond donors (Lipinski definition) is 2. The van der Waals surface area contributed by atoms with E-state index >= 15 is 0 Å². The van der Waals surface area contributed by atoms with Crippen LogP contribution in [-0.2, 0) is 0 Å². The summed E-state index contributed by atoms with van der Waals surface area (Å²) in [7, 11) is 0. The van der Waals surface area contributed by atoms with E-state index in [-0.39, 0.29) is 6.10 Å². The Balaban J connectivity index is 2.41. The van der Waals surface area contributed by atoms with Crippen LogP contribution in [0.15, 0.2) is 35.5 Å². The maximum Gasteiger partial charge on any atom is 0.0870 e. The average molecular weight is 362 g/mol. The van der Waals surface area contributed by atoms with Crippen molar-refractivity contribution in [3.8, 4) is 0 Å². The Bertz CT molecular complexity index is 470. The van der Waals surface area contributed by atoms with Gasteiger partial charge in [0.1, 0.15) is 0 Å². The van der Waals surface area contributed by atoms with Gasteiger partial charge in [0.2, 0.25) is 0 Å². The van der Waals surface area contributed by atoms with E-state index < -0.39 is 0 Å². The van der Waals surface area contributed by atoms with E-state index in [0.717, 1.165) is 37.0 Å². The first kappa shape index (κ1) is 22.7. The van der Waals surface area contributed by atoms with E-state index in [2.05, 4.69) is 12.1 Å². The third-order valence-corrected chi connectivity index (χ3v) is 5.17. The highest BCUT2D eigenvalue weighted by atomic mass is 16.4. The van der Waals surface area contributed by atoms with Crippen molar-refractivity contribution in [2.45, 2.75) is 97.0 Å². The summed E-state index contributed by atoms with van der Waals surface area (Å²) in [5, 5.41) is 22.7. The second kappa shape index (κ2) is 14.8. The van der Waals surface area contributed by atoms with Crippen molar-refractivity contribution in [2.24, 2.45) is 11.1 Å². The molecule has 3 nitrogen and oxygen atoms in total. The summed E-state index contributed by atoms with van der Waals surface area (Å²) in [5.41, 5.74) is 1.76. The molecule has 0 heterocycles. The monoisotopic (exact) mass is 361 g/mol. The predicted molar refractivity (Wildman–Crippen MR) is 111 cm³/mol. The molecule has 1 rings (SSSR count). The van der Waals surface area contributed by atoms with Crippen LogP contribution in [0.1, 0.15) is 96.5 Å². The molecule has 3 heteroatoms. The van der Waals surface area contributed by atoms with Gasteiger partial charge in [-0.05, 0) is 37.7 Å². The maximum absolute atomic E-state index is 9.64. The van der Waals surface area contributed by atoms with Gasteiger partial charge in [-0.1, -0.05) is 100 Å². The third-order valence-electron chi connectivity index (χ3n) is 5.17. The summed E-state index contributed by atoms with van der Waals surface area (Å²) in [5.74, 6) is 0.468. The summed E-state index contributed by atoms with van der Waals surface area (Å²) in [6.45, 7) is 4.11. The quantitative estimate of drug-likeness (QED) is 0.161. The number of nitrogens with zero attached hydrogens (tertiary/aromatic N) is 1. The molecule has 0 saturated carbocycles. The lowest BCUT2D eigenvalue weighted by molar-refractivity contribution is 0.172. The minimum absolute atomic E-state index is 0.262. The molecule has 0 aliphatic rings. The van der Waals surface area contributed by atoms with Crippen molar-refractivity contribution in [3.63, 3.8) is 0 Å². The lowest BCUT2D eigenvalue weighted by atomic mass is 9.88. The standard InChI is InChI=1S/C23H39NO2/c1-3-4-5-6-7-8-9-11-14-21(18-17-20(2)25)19-23(24-26)22-15-12-10-13-16-22/h10,12-13,15-16,20-21,25-26H,3-9,11,14,17-19H2,1-2H3.